The van der Waals surface area contributed by atoms with E-state index in [0.717, 1.165) is 5.56 Å². The second kappa shape index (κ2) is 8.09. The number of hydroxylamine groups is 1. The Labute approximate surface area is 151 Å². The lowest BCUT2D eigenvalue weighted by atomic mass is 10.1. The smallest absolute Gasteiger partial charge is 0.269 e. The van der Waals surface area contributed by atoms with Crippen LogP contribution in [0.25, 0.3) is 0 Å². The monoisotopic (exact) mass is 377 g/mol. The molecule has 2 aromatic carbocycles. The maximum absolute atomic E-state index is 12.1. The number of nitrogens with one attached hydrogen (secondary N) is 2. The Morgan fingerprint density at radius 3 is 1.73 bits per heavy atom. The van der Waals surface area contributed by atoms with Gasteiger partial charge in [-0.3, -0.25) is 25.3 Å². The summed E-state index contributed by atoms with van der Waals surface area (Å²) in [5.74, 6) is -1.03. The Morgan fingerprint density at radius 2 is 1.31 bits per heavy atom. The summed E-state index contributed by atoms with van der Waals surface area (Å²) < 4.78 is 24.9. The zero-order valence-corrected chi connectivity index (χ0v) is 15.3. The Bertz CT molecular complexity index is 893. The summed E-state index contributed by atoms with van der Waals surface area (Å²) in [5.41, 5.74) is 6.19. The maximum Gasteiger partial charge on any atom is 0.269 e. The first-order chi connectivity index (χ1) is 12.3. The van der Waals surface area contributed by atoms with Crippen molar-refractivity contribution in [3.63, 3.8) is 0 Å². The number of hydrazine groups is 1. The Morgan fingerprint density at radius 1 is 0.885 bits per heavy atom. The molecule has 2 rings (SSSR count). The third kappa shape index (κ3) is 4.45. The zero-order chi connectivity index (χ0) is 19.3. The van der Waals surface area contributed by atoms with Gasteiger partial charge in [0, 0.05) is 18.2 Å². The number of benzene rings is 2. The van der Waals surface area contributed by atoms with Gasteiger partial charge in [-0.15, -0.1) is 0 Å². The summed E-state index contributed by atoms with van der Waals surface area (Å²) >= 11 is 0. The van der Waals surface area contributed by atoms with Crippen LogP contribution in [-0.4, -0.2) is 38.9 Å². The molecule has 2 N–H and O–H groups in total. The van der Waals surface area contributed by atoms with E-state index < -0.39 is 21.8 Å². The highest BCUT2D eigenvalue weighted by Crippen LogP contribution is 2.15. The van der Waals surface area contributed by atoms with E-state index in [1.165, 1.54) is 38.4 Å². The largest absolute Gasteiger partial charge is 0.288 e. The van der Waals surface area contributed by atoms with Gasteiger partial charge >= 0.3 is 0 Å². The summed E-state index contributed by atoms with van der Waals surface area (Å²) in [6, 6.07) is 12.1. The van der Waals surface area contributed by atoms with E-state index in [-0.39, 0.29) is 10.5 Å². The second-order valence-electron chi connectivity index (χ2n) is 5.40. The summed E-state index contributed by atoms with van der Waals surface area (Å²) in [6.45, 7) is 1.90. The van der Waals surface area contributed by atoms with Gasteiger partial charge in [0.25, 0.3) is 21.8 Å². The van der Waals surface area contributed by atoms with Crippen LogP contribution in [0.5, 0.6) is 0 Å². The van der Waals surface area contributed by atoms with E-state index in [9.17, 15) is 18.0 Å². The molecule has 2 aromatic rings. The van der Waals surface area contributed by atoms with Crippen LogP contribution >= 0.6 is 0 Å². The van der Waals surface area contributed by atoms with Crippen LogP contribution < -0.4 is 10.9 Å². The van der Waals surface area contributed by atoms with Crippen molar-refractivity contribution >= 4 is 21.8 Å². The minimum absolute atomic E-state index is 0.0258. The molecule has 8 nitrogen and oxygen atoms in total. The Balaban J connectivity index is 2.02. The quantitative estimate of drug-likeness (QED) is 0.763. The molecule has 0 saturated carbocycles. The highest BCUT2D eigenvalue weighted by Gasteiger charge is 2.21. The van der Waals surface area contributed by atoms with Crippen molar-refractivity contribution in [2.45, 2.75) is 11.8 Å². The average Bonchev–Trinajstić information content (AvgIpc) is 2.65. The van der Waals surface area contributed by atoms with E-state index in [0.29, 0.717) is 10.0 Å². The molecule has 0 fully saturated rings. The summed E-state index contributed by atoms with van der Waals surface area (Å²) in [5, 5.41) is 0. The van der Waals surface area contributed by atoms with Gasteiger partial charge in [0.1, 0.15) is 0 Å². The molecule has 138 valence electrons. The second-order valence-corrected chi connectivity index (χ2v) is 7.33. The molecule has 0 atom stereocenters. The number of nitrogens with zero attached hydrogens (tertiary/aromatic N) is 1. The molecule has 9 heteroatoms. The minimum atomic E-state index is -3.79. The number of hydrogen-bond donors (Lipinski definition) is 2. The molecule has 0 radical (unpaired) electrons. The van der Waals surface area contributed by atoms with Gasteiger partial charge in [-0.05, 0) is 43.3 Å². The Kier molecular flexibility index (Phi) is 6.09. The molecule has 0 spiro atoms. The number of aryl methyl sites for hydroxylation is 1. The number of hydrogen-bond acceptors (Lipinski definition) is 5. The van der Waals surface area contributed by atoms with E-state index in [1.54, 1.807) is 24.3 Å². The third-order valence-corrected chi connectivity index (χ3v) is 5.31. The van der Waals surface area contributed by atoms with Crippen molar-refractivity contribution < 1.29 is 22.8 Å². The van der Waals surface area contributed by atoms with E-state index >= 15 is 0 Å². The van der Waals surface area contributed by atoms with Gasteiger partial charge in [-0.1, -0.05) is 22.2 Å². The fourth-order valence-electron chi connectivity index (χ4n) is 1.99. The highest BCUT2D eigenvalue weighted by molar-refractivity contribution is 7.89. The molecule has 0 aliphatic carbocycles. The topological polar surface area (TPSA) is 105 Å². The lowest BCUT2D eigenvalue weighted by molar-refractivity contribution is -0.0258. The highest BCUT2D eigenvalue weighted by atomic mass is 32.2. The van der Waals surface area contributed by atoms with Crippen molar-refractivity contribution in [3.05, 3.63) is 65.2 Å². The minimum Gasteiger partial charge on any atom is -0.288 e. The fourth-order valence-corrected chi connectivity index (χ4v) is 2.96. The number of carbonyl (C=O) groups is 2. The van der Waals surface area contributed by atoms with Gasteiger partial charge in [0.2, 0.25) is 0 Å². The maximum atomic E-state index is 12.1. The van der Waals surface area contributed by atoms with Gasteiger partial charge < -0.3 is 0 Å². The molecule has 2 amide bonds. The van der Waals surface area contributed by atoms with E-state index in [4.69, 9.17) is 0 Å². The first kappa shape index (κ1) is 19.6. The van der Waals surface area contributed by atoms with Crippen LogP contribution in [0, 0.1) is 6.92 Å². The molecule has 0 aliphatic rings. The molecular weight excluding hydrogens is 358 g/mol. The van der Waals surface area contributed by atoms with Gasteiger partial charge in [0.05, 0.1) is 12.0 Å². The first-order valence-corrected chi connectivity index (χ1v) is 9.00. The normalized spacial score (nSPS) is 11.2. The Hall–Kier alpha value is -2.75. The molecular formula is C17H19N3O5S. The van der Waals surface area contributed by atoms with Gasteiger partial charge in [-0.2, -0.15) is 0 Å². The van der Waals surface area contributed by atoms with Crippen LogP contribution in [0.2, 0.25) is 0 Å². The predicted octanol–water partition coefficient (Wildman–Crippen LogP) is 1.25. The molecule has 0 unspecified atom stereocenters. The SMILES string of the molecule is CON(C)S(=O)(=O)c1ccc(C(=O)NNC(=O)c2ccc(C)cc2)cc1. The van der Waals surface area contributed by atoms with Crippen molar-refractivity contribution in [3.8, 4) is 0 Å². The van der Waals surface area contributed by atoms with Crippen LogP contribution in [-0.2, 0) is 14.9 Å². The van der Waals surface area contributed by atoms with Crippen LogP contribution in [0.3, 0.4) is 0 Å². The molecule has 0 saturated heterocycles. The fraction of sp³-hybridized carbons (Fsp3) is 0.176. The van der Waals surface area contributed by atoms with Crippen molar-refractivity contribution in [1.29, 1.82) is 0 Å². The number of carbonyl (C=O) groups excluding carboxylic acids is 2. The zero-order valence-electron chi connectivity index (χ0n) is 14.5. The van der Waals surface area contributed by atoms with Crippen LogP contribution in [0.4, 0.5) is 0 Å². The standard InChI is InChI=1S/C17H19N3O5S/c1-12-4-6-13(7-5-12)16(21)18-19-17(22)14-8-10-15(11-9-14)26(23,24)20(2)25-3/h4-11H,1-3H3,(H,18,21)(H,19,22). The predicted molar refractivity (Wildman–Crippen MR) is 94.5 cm³/mol. The van der Waals surface area contributed by atoms with Crippen molar-refractivity contribution in [1.82, 2.24) is 15.3 Å². The number of sulfonamides is 1. The van der Waals surface area contributed by atoms with Crippen LogP contribution in [0.15, 0.2) is 53.4 Å². The number of rotatable bonds is 5. The van der Waals surface area contributed by atoms with Crippen molar-refractivity contribution in [2.24, 2.45) is 0 Å². The molecule has 26 heavy (non-hydrogen) atoms. The average molecular weight is 377 g/mol. The lowest BCUT2D eigenvalue weighted by Crippen LogP contribution is -2.41. The van der Waals surface area contributed by atoms with E-state index in [2.05, 4.69) is 15.7 Å². The first-order valence-electron chi connectivity index (χ1n) is 7.56. The molecule has 0 heterocycles. The van der Waals surface area contributed by atoms with Crippen LogP contribution in [0.1, 0.15) is 26.3 Å². The molecule has 0 aliphatic heterocycles. The van der Waals surface area contributed by atoms with Crippen molar-refractivity contribution in [2.75, 3.05) is 14.2 Å². The molecule has 0 aromatic heterocycles. The van der Waals surface area contributed by atoms with Gasteiger partial charge in [-0.25, -0.2) is 8.42 Å². The molecule has 0 bridgehead atoms. The summed E-state index contributed by atoms with van der Waals surface area (Å²) in [7, 11) is -1.29. The van der Waals surface area contributed by atoms with Gasteiger partial charge in [0.15, 0.2) is 0 Å². The summed E-state index contributed by atoms with van der Waals surface area (Å²) in [6.07, 6.45) is 0. The third-order valence-electron chi connectivity index (χ3n) is 3.61. The summed E-state index contributed by atoms with van der Waals surface area (Å²) in [4.78, 5) is 28.7. The number of amides is 2. The lowest BCUT2D eigenvalue weighted by Gasteiger charge is -2.14. The van der Waals surface area contributed by atoms with E-state index in [1.807, 2.05) is 6.92 Å².